The Balaban J connectivity index is 3.15. The van der Waals surface area contributed by atoms with Crippen LogP contribution in [0.3, 0.4) is 0 Å². The number of sulfonamides is 1. The molecule has 1 unspecified atom stereocenters. The van der Waals surface area contributed by atoms with Crippen molar-refractivity contribution >= 4 is 21.8 Å². The van der Waals surface area contributed by atoms with E-state index in [1.54, 1.807) is 6.92 Å². The summed E-state index contributed by atoms with van der Waals surface area (Å²) >= 11 is 0. The molecule has 1 atom stereocenters. The smallest absolute Gasteiger partial charge is 0.307 e. The van der Waals surface area contributed by atoms with Gasteiger partial charge in [-0.2, -0.15) is 4.31 Å². The first-order valence-corrected chi connectivity index (χ1v) is 7.98. The van der Waals surface area contributed by atoms with E-state index < -0.39 is 21.9 Å². The minimum absolute atomic E-state index is 0.00496. The van der Waals surface area contributed by atoms with Crippen LogP contribution in [-0.4, -0.2) is 42.7 Å². The number of aliphatic carboxylic acids is 1. The monoisotopic (exact) mass is 313 g/mol. The van der Waals surface area contributed by atoms with Crippen LogP contribution in [0.2, 0.25) is 0 Å². The number of carboxylic acid groups (broad SMARTS) is 1. The van der Waals surface area contributed by atoms with E-state index in [0.29, 0.717) is 5.56 Å². The molecule has 0 saturated heterocycles. The average molecular weight is 313 g/mol. The Bertz CT molecular complexity index is 639. The number of ketones is 1. The van der Waals surface area contributed by atoms with E-state index in [-0.39, 0.29) is 23.8 Å². The number of carbonyl (C=O) groups is 2. The molecule has 0 aromatic heterocycles. The Hall–Kier alpha value is -1.73. The third kappa shape index (κ3) is 4.12. The molecule has 0 saturated carbocycles. The minimum Gasteiger partial charge on any atom is -0.481 e. The summed E-state index contributed by atoms with van der Waals surface area (Å²) in [4.78, 5) is 22.2. The molecule has 0 bridgehead atoms. The van der Waals surface area contributed by atoms with Crippen LogP contribution in [0, 0.1) is 5.92 Å². The van der Waals surface area contributed by atoms with Crippen molar-refractivity contribution in [3.8, 4) is 0 Å². The lowest BCUT2D eigenvalue weighted by Crippen LogP contribution is -2.36. The Kier molecular flexibility index (Phi) is 5.62. The number of carboxylic acids is 1. The fourth-order valence-corrected chi connectivity index (χ4v) is 3.39. The number of benzene rings is 1. The second kappa shape index (κ2) is 6.82. The van der Waals surface area contributed by atoms with E-state index in [1.165, 1.54) is 38.1 Å². The van der Waals surface area contributed by atoms with Gasteiger partial charge in [0.1, 0.15) is 0 Å². The molecule has 0 aliphatic carbocycles. The van der Waals surface area contributed by atoms with Gasteiger partial charge in [-0.3, -0.25) is 9.59 Å². The van der Waals surface area contributed by atoms with E-state index in [1.807, 2.05) is 0 Å². The fourth-order valence-electron chi connectivity index (χ4n) is 1.81. The van der Waals surface area contributed by atoms with Gasteiger partial charge in [0.15, 0.2) is 5.78 Å². The molecule has 116 valence electrons. The maximum atomic E-state index is 12.5. The van der Waals surface area contributed by atoms with Crippen molar-refractivity contribution in [1.29, 1.82) is 0 Å². The summed E-state index contributed by atoms with van der Waals surface area (Å²) in [5, 5.41) is 8.91. The molecule has 0 heterocycles. The van der Waals surface area contributed by atoms with Gasteiger partial charge in [0, 0.05) is 18.7 Å². The molecule has 0 amide bonds. The van der Waals surface area contributed by atoms with Crippen molar-refractivity contribution < 1.29 is 23.1 Å². The van der Waals surface area contributed by atoms with Crippen molar-refractivity contribution in [3.05, 3.63) is 29.8 Å². The van der Waals surface area contributed by atoms with Crippen molar-refractivity contribution in [3.63, 3.8) is 0 Å². The van der Waals surface area contributed by atoms with Gasteiger partial charge in [-0.15, -0.1) is 0 Å². The lowest BCUT2D eigenvalue weighted by molar-refractivity contribution is -0.141. The summed E-state index contributed by atoms with van der Waals surface area (Å²) in [5.74, 6) is -2.09. The van der Waals surface area contributed by atoms with Gasteiger partial charge in [0.25, 0.3) is 0 Å². The number of rotatable bonds is 7. The van der Waals surface area contributed by atoms with Crippen LogP contribution < -0.4 is 0 Å². The van der Waals surface area contributed by atoms with Gasteiger partial charge >= 0.3 is 5.97 Å². The fraction of sp³-hybridized carbons (Fsp3) is 0.429. The molecule has 0 radical (unpaired) electrons. The highest BCUT2D eigenvalue weighted by atomic mass is 32.2. The number of hydrogen-bond donors (Lipinski definition) is 1. The second-order valence-electron chi connectivity index (χ2n) is 4.78. The Morgan fingerprint density at radius 2 is 1.95 bits per heavy atom. The Labute approximate surface area is 124 Å². The van der Waals surface area contributed by atoms with E-state index in [2.05, 4.69) is 0 Å². The Morgan fingerprint density at radius 1 is 1.33 bits per heavy atom. The summed E-state index contributed by atoms with van der Waals surface area (Å²) in [6.07, 6.45) is 0. The zero-order valence-electron chi connectivity index (χ0n) is 12.2. The van der Waals surface area contributed by atoms with Crippen LogP contribution in [0.25, 0.3) is 0 Å². The standard InChI is InChI=1S/C14H19NO5S/c1-4-15(9-10(2)14(17)18)21(19,20)13-7-5-6-12(8-13)11(3)16/h5-8,10H,4,9H2,1-3H3,(H,17,18). The highest BCUT2D eigenvalue weighted by Crippen LogP contribution is 2.18. The van der Waals surface area contributed by atoms with E-state index in [0.717, 1.165) is 4.31 Å². The molecular weight excluding hydrogens is 294 g/mol. The van der Waals surface area contributed by atoms with Crippen molar-refractivity contribution in [2.45, 2.75) is 25.7 Å². The van der Waals surface area contributed by atoms with Gasteiger partial charge in [-0.05, 0) is 19.1 Å². The van der Waals surface area contributed by atoms with Crippen LogP contribution in [0.5, 0.6) is 0 Å². The highest BCUT2D eigenvalue weighted by molar-refractivity contribution is 7.89. The second-order valence-corrected chi connectivity index (χ2v) is 6.72. The lowest BCUT2D eigenvalue weighted by Gasteiger charge is -2.22. The molecule has 21 heavy (non-hydrogen) atoms. The normalized spacial score (nSPS) is 13.1. The van der Waals surface area contributed by atoms with Crippen LogP contribution in [0.1, 0.15) is 31.1 Å². The molecule has 0 aliphatic rings. The number of Topliss-reactive ketones (excluding diaryl/α,β-unsaturated/α-hetero) is 1. The molecule has 0 fully saturated rings. The summed E-state index contributed by atoms with van der Waals surface area (Å²) < 4.78 is 26.1. The third-order valence-electron chi connectivity index (χ3n) is 3.13. The molecule has 7 heteroatoms. The topological polar surface area (TPSA) is 91.8 Å². The van der Waals surface area contributed by atoms with E-state index in [9.17, 15) is 18.0 Å². The SMILES string of the molecule is CCN(CC(C)C(=O)O)S(=O)(=O)c1cccc(C(C)=O)c1. The average Bonchev–Trinajstić information content (AvgIpc) is 2.44. The maximum absolute atomic E-state index is 12.5. The van der Waals surface area contributed by atoms with Crippen molar-refractivity contribution in [2.75, 3.05) is 13.1 Å². The molecule has 1 aromatic carbocycles. The lowest BCUT2D eigenvalue weighted by atomic mass is 10.2. The predicted molar refractivity (Wildman–Crippen MR) is 77.7 cm³/mol. The number of carbonyl (C=O) groups excluding carboxylic acids is 1. The van der Waals surface area contributed by atoms with Gasteiger partial charge in [0.05, 0.1) is 10.8 Å². The minimum atomic E-state index is -3.82. The first-order chi connectivity index (χ1) is 9.70. The van der Waals surface area contributed by atoms with Crippen LogP contribution in [-0.2, 0) is 14.8 Å². The van der Waals surface area contributed by atoms with Crippen LogP contribution >= 0.6 is 0 Å². The molecule has 6 nitrogen and oxygen atoms in total. The largest absolute Gasteiger partial charge is 0.481 e. The number of nitrogens with zero attached hydrogens (tertiary/aromatic N) is 1. The zero-order chi connectivity index (χ0) is 16.2. The van der Waals surface area contributed by atoms with Gasteiger partial charge in [-0.1, -0.05) is 26.0 Å². The quantitative estimate of drug-likeness (QED) is 0.772. The van der Waals surface area contributed by atoms with Gasteiger partial charge in [-0.25, -0.2) is 8.42 Å². The van der Waals surface area contributed by atoms with E-state index >= 15 is 0 Å². The van der Waals surface area contributed by atoms with Crippen molar-refractivity contribution in [2.24, 2.45) is 5.92 Å². The first kappa shape index (κ1) is 17.3. The molecule has 1 aromatic rings. The Morgan fingerprint density at radius 3 is 2.43 bits per heavy atom. The highest BCUT2D eigenvalue weighted by Gasteiger charge is 2.27. The maximum Gasteiger partial charge on any atom is 0.307 e. The van der Waals surface area contributed by atoms with Crippen LogP contribution in [0.4, 0.5) is 0 Å². The predicted octanol–water partition coefficient (Wildman–Crippen LogP) is 1.62. The third-order valence-corrected chi connectivity index (χ3v) is 5.07. The molecule has 0 spiro atoms. The molecular formula is C14H19NO5S. The first-order valence-electron chi connectivity index (χ1n) is 6.54. The summed E-state index contributed by atoms with van der Waals surface area (Å²) in [5.41, 5.74) is 0.304. The number of hydrogen-bond acceptors (Lipinski definition) is 4. The summed E-state index contributed by atoms with van der Waals surface area (Å²) in [7, 11) is -3.82. The molecule has 1 rings (SSSR count). The van der Waals surface area contributed by atoms with Crippen LogP contribution in [0.15, 0.2) is 29.2 Å². The molecule has 1 N–H and O–H groups in total. The van der Waals surface area contributed by atoms with E-state index in [4.69, 9.17) is 5.11 Å². The molecule has 0 aliphatic heterocycles. The van der Waals surface area contributed by atoms with Gasteiger partial charge in [0.2, 0.25) is 10.0 Å². The van der Waals surface area contributed by atoms with Gasteiger partial charge < -0.3 is 5.11 Å². The van der Waals surface area contributed by atoms with Crippen molar-refractivity contribution in [1.82, 2.24) is 4.31 Å². The summed E-state index contributed by atoms with van der Waals surface area (Å²) in [6, 6.07) is 5.75. The zero-order valence-corrected chi connectivity index (χ0v) is 13.1. The summed E-state index contributed by atoms with van der Waals surface area (Å²) in [6.45, 7) is 4.49.